The number of hydrogen-bond donors (Lipinski definition) is 1. The quantitative estimate of drug-likeness (QED) is 0.742. The lowest BCUT2D eigenvalue weighted by Crippen LogP contribution is -1.90. The number of halogens is 2. The van der Waals surface area contributed by atoms with Crippen molar-refractivity contribution in [2.75, 3.05) is 5.73 Å². The van der Waals surface area contributed by atoms with E-state index in [0.29, 0.717) is 16.3 Å². The summed E-state index contributed by atoms with van der Waals surface area (Å²) in [6.07, 6.45) is 0. The minimum Gasteiger partial charge on any atom is -0.399 e. The van der Waals surface area contributed by atoms with Gasteiger partial charge >= 0.3 is 0 Å². The van der Waals surface area contributed by atoms with E-state index in [0.717, 1.165) is 11.1 Å². The minimum absolute atomic E-state index is 0.304. The third-order valence-corrected chi connectivity index (χ3v) is 2.81. The maximum atomic E-state index is 13.2. The average molecular weight is 236 g/mol. The van der Waals surface area contributed by atoms with Crippen molar-refractivity contribution in [1.82, 2.24) is 0 Å². The molecule has 0 aliphatic carbocycles. The van der Waals surface area contributed by atoms with Crippen LogP contribution in [0.5, 0.6) is 0 Å². The average Bonchev–Trinajstić information content (AvgIpc) is 2.25. The first-order valence-corrected chi connectivity index (χ1v) is 5.27. The second-order valence-corrected chi connectivity index (χ2v) is 4.11. The Labute approximate surface area is 98.7 Å². The summed E-state index contributed by atoms with van der Waals surface area (Å²) in [4.78, 5) is 0. The number of nitrogens with two attached hydrogens (primary N) is 1. The van der Waals surface area contributed by atoms with Crippen LogP contribution in [0.25, 0.3) is 11.1 Å². The molecule has 1 nitrogen and oxygen atoms in total. The van der Waals surface area contributed by atoms with Gasteiger partial charge in [-0.25, -0.2) is 4.39 Å². The highest BCUT2D eigenvalue weighted by Gasteiger charge is 2.08. The van der Waals surface area contributed by atoms with Crippen molar-refractivity contribution < 1.29 is 4.39 Å². The van der Waals surface area contributed by atoms with E-state index in [1.54, 1.807) is 12.1 Å². The molecule has 0 unspecified atom stereocenters. The maximum Gasteiger partial charge on any atom is 0.123 e. The predicted octanol–water partition coefficient (Wildman–Crippen LogP) is 4.04. The Kier molecular flexibility index (Phi) is 2.84. The van der Waals surface area contributed by atoms with Gasteiger partial charge < -0.3 is 5.73 Å². The summed E-state index contributed by atoms with van der Waals surface area (Å²) < 4.78 is 13.2. The second kappa shape index (κ2) is 4.14. The molecule has 0 fully saturated rings. The lowest BCUT2D eigenvalue weighted by molar-refractivity contribution is 0.628. The van der Waals surface area contributed by atoms with E-state index in [4.69, 9.17) is 17.3 Å². The molecular formula is C13H11ClFN. The zero-order chi connectivity index (χ0) is 11.7. The lowest BCUT2D eigenvalue weighted by atomic mass is 10.00. The molecule has 0 amide bonds. The summed E-state index contributed by atoms with van der Waals surface area (Å²) in [5.41, 5.74) is 8.91. The Morgan fingerprint density at radius 3 is 2.56 bits per heavy atom. The maximum absolute atomic E-state index is 13.2. The van der Waals surface area contributed by atoms with E-state index in [2.05, 4.69) is 0 Å². The Balaban J connectivity index is 2.66. The summed E-state index contributed by atoms with van der Waals surface area (Å²) in [5, 5.41) is 0.523. The Bertz CT molecular complexity index is 488. The van der Waals surface area contributed by atoms with Crippen LogP contribution >= 0.6 is 11.6 Å². The van der Waals surface area contributed by atoms with Gasteiger partial charge in [0.2, 0.25) is 0 Å². The molecule has 82 valence electrons. The normalized spacial score (nSPS) is 10.4. The van der Waals surface area contributed by atoms with E-state index in [1.165, 1.54) is 12.1 Å². The fourth-order valence-corrected chi connectivity index (χ4v) is 1.85. The second-order valence-electron chi connectivity index (χ2n) is 3.70. The molecule has 0 aliphatic rings. The van der Waals surface area contributed by atoms with Gasteiger partial charge in [0, 0.05) is 16.3 Å². The zero-order valence-corrected chi connectivity index (χ0v) is 9.55. The zero-order valence-electron chi connectivity index (χ0n) is 8.80. The highest BCUT2D eigenvalue weighted by molar-refractivity contribution is 6.33. The van der Waals surface area contributed by atoms with Crippen molar-refractivity contribution in [2.24, 2.45) is 0 Å². The Morgan fingerprint density at radius 2 is 1.81 bits per heavy atom. The van der Waals surface area contributed by atoms with Crippen LogP contribution in [0.4, 0.5) is 10.1 Å². The van der Waals surface area contributed by atoms with Crippen molar-refractivity contribution in [1.29, 1.82) is 0 Å². The Hall–Kier alpha value is -1.54. The molecule has 0 heterocycles. The summed E-state index contributed by atoms with van der Waals surface area (Å²) >= 11 is 6.05. The minimum atomic E-state index is -0.304. The van der Waals surface area contributed by atoms with Crippen LogP contribution in [0.3, 0.4) is 0 Å². The first kappa shape index (κ1) is 11.0. The molecule has 2 aromatic carbocycles. The van der Waals surface area contributed by atoms with Gasteiger partial charge in [-0.3, -0.25) is 0 Å². The van der Waals surface area contributed by atoms with E-state index in [9.17, 15) is 4.39 Å². The van der Waals surface area contributed by atoms with E-state index >= 15 is 0 Å². The smallest absolute Gasteiger partial charge is 0.123 e. The van der Waals surface area contributed by atoms with Crippen molar-refractivity contribution >= 4 is 17.3 Å². The van der Waals surface area contributed by atoms with Crippen LogP contribution in [-0.2, 0) is 0 Å². The third-order valence-electron chi connectivity index (χ3n) is 2.48. The molecule has 2 rings (SSSR count). The van der Waals surface area contributed by atoms with E-state index in [1.807, 2.05) is 19.1 Å². The van der Waals surface area contributed by atoms with Gasteiger partial charge in [0.25, 0.3) is 0 Å². The van der Waals surface area contributed by atoms with Gasteiger partial charge in [0.15, 0.2) is 0 Å². The molecule has 2 aromatic rings. The summed E-state index contributed by atoms with van der Waals surface area (Å²) in [5.74, 6) is -0.304. The first-order valence-electron chi connectivity index (χ1n) is 4.89. The molecular weight excluding hydrogens is 225 g/mol. The number of nitrogen functional groups attached to an aromatic ring is 1. The van der Waals surface area contributed by atoms with Gasteiger partial charge in [-0.15, -0.1) is 0 Å². The Morgan fingerprint density at radius 1 is 1.06 bits per heavy atom. The molecule has 0 radical (unpaired) electrons. The summed E-state index contributed by atoms with van der Waals surface area (Å²) in [6, 6.07) is 9.82. The molecule has 2 N–H and O–H groups in total. The van der Waals surface area contributed by atoms with Gasteiger partial charge in [-0.1, -0.05) is 17.7 Å². The summed E-state index contributed by atoms with van der Waals surface area (Å²) in [7, 11) is 0. The van der Waals surface area contributed by atoms with E-state index in [-0.39, 0.29) is 5.82 Å². The lowest BCUT2D eigenvalue weighted by Gasteiger charge is -2.09. The molecule has 3 heteroatoms. The van der Waals surface area contributed by atoms with Crippen LogP contribution in [0.1, 0.15) is 5.56 Å². The van der Waals surface area contributed by atoms with Crippen LogP contribution in [0.2, 0.25) is 5.02 Å². The monoisotopic (exact) mass is 235 g/mol. The van der Waals surface area contributed by atoms with E-state index < -0.39 is 0 Å². The number of aryl methyl sites for hydroxylation is 1. The highest BCUT2D eigenvalue weighted by atomic mass is 35.5. The molecule has 0 spiro atoms. The fraction of sp³-hybridized carbons (Fsp3) is 0.0769. The molecule has 0 aromatic heterocycles. The molecule has 0 bridgehead atoms. The third kappa shape index (κ3) is 2.02. The van der Waals surface area contributed by atoms with Gasteiger partial charge in [-0.2, -0.15) is 0 Å². The number of anilines is 1. The van der Waals surface area contributed by atoms with Crippen molar-refractivity contribution in [2.45, 2.75) is 6.92 Å². The largest absolute Gasteiger partial charge is 0.399 e. The van der Waals surface area contributed by atoms with Gasteiger partial charge in [0.05, 0.1) is 0 Å². The van der Waals surface area contributed by atoms with Crippen LogP contribution in [-0.4, -0.2) is 0 Å². The van der Waals surface area contributed by atoms with Crippen LogP contribution in [0, 0.1) is 12.7 Å². The van der Waals surface area contributed by atoms with Crippen molar-refractivity contribution in [3.63, 3.8) is 0 Å². The van der Waals surface area contributed by atoms with Crippen LogP contribution < -0.4 is 5.73 Å². The standard InChI is InChI=1S/C13H11ClFN/c1-8-2-4-10(16)7-11(8)12-6-9(15)3-5-13(12)14/h2-7H,16H2,1H3. The topological polar surface area (TPSA) is 26.0 Å². The summed E-state index contributed by atoms with van der Waals surface area (Å²) in [6.45, 7) is 1.94. The van der Waals surface area contributed by atoms with Crippen molar-refractivity contribution in [3.8, 4) is 11.1 Å². The molecule has 0 aliphatic heterocycles. The number of hydrogen-bond acceptors (Lipinski definition) is 1. The van der Waals surface area contributed by atoms with Gasteiger partial charge in [0.1, 0.15) is 5.82 Å². The predicted molar refractivity (Wildman–Crippen MR) is 66.0 cm³/mol. The molecule has 0 saturated heterocycles. The number of benzene rings is 2. The number of rotatable bonds is 1. The molecule has 0 saturated carbocycles. The van der Waals surface area contributed by atoms with Crippen molar-refractivity contribution in [3.05, 3.63) is 52.8 Å². The molecule has 16 heavy (non-hydrogen) atoms. The first-order chi connectivity index (χ1) is 7.58. The SMILES string of the molecule is Cc1ccc(N)cc1-c1cc(F)ccc1Cl. The fourth-order valence-electron chi connectivity index (χ4n) is 1.63. The molecule has 0 atom stereocenters. The van der Waals surface area contributed by atoms with Crippen LogP contribution in [0.15, 0.2) is 36.4 Å². The highest BCUT2D eigenvalue weighted by Crippen LogP contribution is 2.32. The van der Waals surface area contributed by atoms with Gasteiger partial charge in [-0.05, 0) is 48.4 Å².